The molecule has 0 saturated carbocycles. The Morgan fingerprint density at radius 2 is 1.84 bits per heavy atom. The number of unbranched alkanes of at least 4 members (excludes halogenated alkanes) is 3. The minimum Gasteiger partial charge on any atom is -0.360 e. The van der Waals surface area contributed by atoms with Crippen molar-refractivity contribution in [2.75, 3.05) is 12.3 Å². The first-order chi connectivity index (χ1) is 12.1. The number of aromatic nitrogens is 1. The molecule has 0 radical (unpaired) electrons. The van der Waals surface area contributed by atoms with Gasteiger partial charge in [-0.25, -0.2) is 4.39 Å². The van der Waals surface area contributed by atoms with E-state index in [1.165, 1.54) is 23.9 Å². The van der Waals surface area contributed by atoms with Crippen molar-refractivity contribution in [3.8, 4) is 11.3 Å². The summed E-state index contributed by atoms with van der Waals surface area (Å²) in [7, 11) is 0. The van der Waals surface area contributed by atoms with Crippen LogP contribution in [0.5, 0.6) is 0 Å². The normalized spacial score (nSPS) is 10.6. The molecule has 2 aromatic rings. The Morgan fingerprint density at radius 3 is 2.56 bits per heavy atom. The first kappa shape index (κ1) is 19.2. The number of H-pyrrole nitrogens is 1. The Kier molecular flexibility index (Phi) is 7.73. The second-order valence-corrected chi connectivity index (χ2v) is 7.09. The van der Waals surface area contributed by atoms with Gasteiger partial charge in [0.15, 0.2) is 5.12 Å². The zero-order valence-corrected chi connectivity index (χ0v) is 15.1. The first-order valence-corrected chi connectivity index (χ1v) is 9.41. The van der Waals surface area contributed by atoms with Gasteiger partial charge in [0.1, 0.15) is 5.82 Å². The molecule has 0 atom stereocenters. The van der Waals surface area contributed by atoms with Crippen LogP contribution >= 0.6 is 11.8 Å². The lowest BCUT2D eigenvalue weighted by molar-refractivity contribution is -0.109. The predicted octanol–water partition coefficient (Wildman–Crippen LogP) is 4.39. The van der Waals surface area contributed by atoms with E-state index in [0.717, 1.165) is 42.7 Å². The summed E-state index contributed by atoms with van der Waals surface area (Å²) in [4.78, 5) is 26.0. The largest absolute Gasteiger partial charge is 0.360 e. The fraction of sp³-hybridized carbons (Fsp3) is 0.368. The van der Waals surface area contributed by atoms with Crippen molar-refractivity contribution < 1.29 is 14.0 Å². The number of benzene rings is 1. The third-order valence-electron chi connectivity index (χ3n) is 3.76. The van der Waals surface area contributed by atoms with E-state index in [2.05, 4.69) is 10.3 Å². The molecule has 6 heteroatoms. The van der Waals surface area contributed by atoms with Gasteiger partial charge in [-0.05, 0) is 48.7 Å². The molecule has 0 fully saturated rings. The summed E-state index contributed by atoms with van der Waals surface area (Å²) in [6, 6.07) is 7.90. The summed E-state index contributed by atoms with van der Waals surface area (Å²) in [5, 5.41) is 3.07. The van der Waals surface area contributed by atoms with E-state index in [1.807, 2.05) is 0 Å². The van der Waals surface area contributed by atoms with Crippen LogP contribution in [0, 0.1) is 5.82 Å². The molecule has 2 N–H and O–H groups in total. The van der Waals surface area contributed by atoms with E-state index in [4.69, 9.17) is 0 Å². The Hall–Kier alpha value is -2.08. The van der Waals surface area contributed by atoms with Gasteiger partial charge in [0.2, 0.25) is 0 Å². The van der Waals surface area contributed by atoms with Crippen molar-refractivity contribution in [1.82, 2.24) is 10.3 Å². The lowest BCUT2D eigenvalue weighted by atomic mass is 10.1. The van der Waals surface area contributed by atoms with Crippen molar-refractivity contribution in [3.05, 3.63) is 47.9 Å². The summed E-state index contributed by atoms with van der Waals surface area (Å²) < 4.78 is 13.0. The van der Waals surface area contributed by atoms with Crippen molar-refractivity contribution >= 4 is 22.8 Å². The Bertz CT molecular complexity index is 698. The van der Waals surface area contributed by atoms with Gasteiger partial charge in [0.25, 0.3) is 5.91 Å². The zero-order chi connectivity index (χ0) is 18.1. The lowest BCUT2D eigenvalue weighted by Gasteiger charge is -2.03. The standard InChI is InChI=1S/C19H23FN2O2S/c1-14(23)25-11-5-3-2-4-10-21-19(24)16-12-18(22-13-16)15-6-8-17(20)9-7-15/h6-9,12-13,22H,2-5,10-11H2,1H3,(H,21,24). The van der Waals surface area contributed by atoms with Crippen molar-refractivity contribution in [2.45, 2.75) is 32.6 Å². The number of nitrogens with one attached hydrogen (secondary N) is 2. The van der Waals surface area contributed by atoms with E-state index in [1.54, 1.807) is 31.3 Å². The Balaban J connectivity index is 1.68. The van der Waals surface area contributed by atoms with E-state index < -0.39 is 0 Å². The van der Waals surface area contributed by atoms with Crippen LogP contribution in [0.4, 0.5) is 4.39 Å². The first-order valence-electron chi connectivity index (χ1n) is 8.42. The summed E-state index contributed by atoms with van der Waals surface area (Å²) in [6.45, 7) is 2.22. The average Bonchev–Trinajstić information content (AvgIpc) is 3.07. The van der Waals surface area contributed by atoms with Gasteiger partial charge < -0.3 is 10.3 Å². The number of rotatable bonds is 9. The number of halogens is 1. The number of aromatic amines is 1. The van der Waals surface area contributed by atoms with Gasteiger partial charge >= 0.3 is 0 Å². The minimum atomic E-state index is -0.284. The van der Waals surface area contributed by atoms with Crippen molar-refractivity contribution in [1.29, 1.82) is 0 Å². The molecule has 1 aromatic carbocycles. The SMILES string of the molecule is CC(=O)SCCCCCCNC(=O)c1c[nH]c(-c2ccc(F)cc2)c1. The topological polar surface area (TPSA) is 62.0 Å². The van der Waals surface area contributed by atoms with Gasteiger partial charge in [-0.1, -0.05) is 24.6 Å². The highest BCUT2D eigenvalue weighted by molar-refractivity contribution is 8.13. The fourth-order valence-electron chi connectivity index (χ4n) is 2.42. The zero-order valence-electron chi connectivity index (χ0n) is 14.3. The van der Waals surface area contributed by atoms with Gasteiger partial charge in [-0.2, -0.15) is 0 Å². The van der Waals surface area contributed by atoms with Crippen LogP contribution in [0.2, 0.25) is 0 Å². The molecular formula is C19H23FN2O2S. The van der Waals surface area contributed by atoms with Gasteiger partial charge in [-0.3, -0.25) is 9.59 Å². The number of amides is 1. The third-order valence-corrected chi connectivity index (χ3v) is 4.66. The molecule has 134 valence electrons. The average molecular weight is 362 g/mol. The second kappa shape index (κ2) is 10.0. The molecule has 1 amide bonds. The number of hydrogen-bond donors (Lipinski definition) is 2. The maximum atomic E-state index is 13.0. The number of thioether (sulfide) groups is 1. The molecule has 1 aromatic heterocycles. The molecule has 0 unspecified atom stereocenters. The number of hydrogen-bond acceptors (Lipinski definition) is 3. The Morgan fingerprint density at radius 1 is 1.12 bits per heavy atom. The summed E-state index contributed by atoms with van der Waals surface area (Å²) in [6.07, 6.45) is 5.71. The van der Waals surface area contributed by atoms with Crippen LogP contribution in [0.15, 0.2) is 36.5 Å². The van der Waals surface area contributed by atoms with E-state index in [0.29, 0.717) is 12.1 Å². The highest BCUT2D eigenvalue weighted by atomic mass is 32.2. The van der Waals surface area contributed by atoms with Crippen LogP contribution < -0.4 is 5.32 Å². The number of carbonyl (C=O) groups excluding carboxylic acids is 2. The predicted molar refractivity (Wildman–Crippen MR) is 100 cm³/mol. The molecule has 0 aliphatic rings. The minimum absolute atomic E-state index is 0.114. The molecule has 0 aliphatic carbocycles. The summed E-state index contributed by atoms with van der Waals surface area (Å²) >= 11 is 1.37. The van der Waals surface area contributed by atoms with E-state index in [9.17, 15) is 14.0 Å². The van der Waals surface area contributed by atoms with Gasteiger partial charge in [0, 0.05) is 31.1 Å². The molecule has 0 spiro atoms. The summed E-state index contributed by atoms with van der Waals surface area (Å²) in [5.41, 5.74) is 2.19. The van der Waals surface area contributed by atoms with Crippen LogP contribution in [-0.4, -0.2) is 28.3 Å². The molecule has 0 saturated heterocycles. The molecule has 0 aliphatic heterocycles. The summed E-state index contributed by atoms with van der Waals surface area (Å²) in [5.74, 6) is 0.474. The van der Waals surface area contributed by atoms with Crippen molar-refractivity contribution in [2.24, 2.45) is 0 Å². The number of carbonyl (C=O) groups is 2. The molecule has 4 nitrogen and oxygen atoms in total. The van der Waals surface area contributed by atoms with Crippen molar-refractivity contribution in [3.63, 3.8) is 0 Å². The molecule has 1 heterocycles. The van der Waals surface area contributed by atoms with Crippen LogP contribution in [-0.2, 0) is 4.79 Å². The van der Waals surface area contributed by atoms with Crippen LogP contribution in [0.3, 0.4) is 0 Å². The van der Waals surface area contributed by atoms with Crippen LogP contribution in [0.1, 0.15) is 43.0 Å². The van der Waals surface area contributed by atoms with Gasteiger partial charge in [-0.15, -0.1) is 0 Å². The molecule has 0 bridgehead atoms. The highest BCUT2D eigenvalue weighted by Gasteiger charge is 2.09. The second-order valence-electron chi connectivity index (χ2n) is 5.82. The lowest BCUT2D eigenvalue weighted by Crippen LogP contribution is -2.23. The smallest absolute Gasteiger partial charge is 0.252 e. The monoisotopic (exact) mass is 362 g/mol. The highest BCUT2D eigenvalue weighted by Crippen LogP contribution is 2.19. The van der Waals surface area contributed by atoms with Crippen LogP contribution in [0.25, 0.3) is 11.3 Å². The molecule has 25 heavy (non-hydrogen) atoms. The van der Waals surface area contributed by atoms with E-state index >= 15 is 0 Å². The Labute approximate surface area is 151 Å². The fourth-order valence-corrected chi connectivity index (χ4v) is 3.06. The maximum Gasteiger partial charge on any atom is 0.252 e. The quantitative estimate of drug-likeness (QED) is 0.650. The van der Waals surface area contributed by atoms with E-state index in [-0.39, 0.29) is 16.8 Å². The molecular weight excluding hydrogens is 339 g/mol. The third kappa shape index (κ3) is 6.74. The maximum absolute atomic E-state index is 13.0. The van der Waals surface area contributed by atoms with Gasteiger partial charge in [0.05, 0.1) is 5.56 Å². The molecule has 2 rings (SSSR count).